The van der Waals surface area contributed by atoms with Crippen LogP contribution in [0.25, 0.3) is 0 Å². The second kappa shape index (κ2) is 9.60. The normalized spacial score (nSPS) is 15.7. The lowest BCUT2D eigenvalue weighted by Gasteiger charge is -2.37. The molecule has 0 amide bonds. The molecule has 1 N–H and O–H groups in total. The molecule has 0 saturated heterocycles. The minimum Gasteiger partial charge on any atom is -0.417 e. The van der Waals surface area contributed by atoms with Crippen molar-refractivity contribution in [2.45, 2.75) is 72.0 Å². The number of rotatable bonds is 9. The molecule has 0 radical (unpaired) electrons. The first-order valence-corrected chi connectivity index (χ1v) is 11.1. The lowest BCUT2D eigenvalue weighted by atomic mass is 10.0. The highest BCUT2D eigenvalue weighted by Crippen LogP contribution is 2.36. The Morgan fingerprint density at radius 2 is 1.90 bits per heavy atom. The fourth-order valence-electron chi connectivity index (χ4n) is 1.78. The average Bonchev–Trinajstić information content (AvgIpc) is 2.35. The highest BCUT2D eigenvalue weighted by molar-refractivity contribution is 6.74. The zero-order valence-electron chi connectivity index (χ0n) is 15.2. The Morgan fingerprint density at radius 1 is 1.29 bits per heavy atom. The van der Waals surface area contributed by atoms with Crippen LogP contribution in [-0.4, -0.2) is 26.6 Å². The van der Waals surface area contributed by atoms with E-state index in [0.29, 0.717) is 5.92 Å². The summed E-state index contributed by atoms with van der Waals surface area (Å²) >= 11 is 0. The molecule has 0 aromatic heterocycles. The molecule has 0 heterocycles. The molecule has 0 fully saturated rings. The zero-order valence-corrected chi connectivity index (χ0v) is 16.2. The first-order valence-electron chi connectivity index (χ1n) is 8.17. The highest BCUT2D eigenvalue weighted by atomic mass is 28.4. The molecule has 0 aliphatic rings. The Bertz CT molecular complexity index is 338. The summed E-state index contributed by atoms with van der Waals surface area (Å²) in [7, 11) is -1.62. The number of hydrogen-bond donors (Lipinski definition) is 1. The number of allylic oxidation sites excluding steroid dienone is 4. The summed E-state index contributed by atoms with van der Waals surface area (Å²) in [6.07, 6.45) is 9.28. The van der Waals surface area contributed by atoms with E-state index in [1.165, 1.54) is 5.57 Å². The third kappa shape index (κ3) is 9.28. The molecule has 21 heavy (non-hydrogen) atoms. The van der Waals surface area contributed by atoms with Gasteiger partial charge in [-0.15, -0.1) is 0 Å². The van der Waals surface area contributed by atoms with Crippen LogP contribution < -0.4 is 0 Å². The summed E-state index contributed by atoms with van der Waals surface area (Å²) < 4.78 is 6.28. The van der Waals surface area contributed by atoms with Crippen molar-refractivity contribution in [1.29, 1.82) is 0 Å². The Hall–Kier alpha value is -0.383. The second-order valence-electron chi connectivity index (χ2n) is 7.69. The third-order valence-corrected chi connectivity index (χ3v) is 8.75. The van der Waals surface area contributed by atoms with Crippen LogP contribution in [0.2, 0.25) is 18.1 Å². The van der Waals surface area contributed by atoms with Crippen molar-refractivity contribution in [3.05, 3.63) is 23.8 Å². The van der Waals surface area contributed by atoms with E-state index < -0.39 is 8.32 Å². The second-order valence-corrected chi connectivity index (χ2v) is 12.5. The predicted octanol–water partition coefficient (Wildman–Crippen LogP) is 5.31. The van der Waals surface area contributed by atoms with Crippen LogP contribution in [0.3, 0.4) is 0 Å². The summed E-state index contributed by atoms with van der Waals surface area (Å²) in [6.45, 7) is 17.0. The maximum Gasteiger partial charge on any atom is 0.191 e. The standard InChI is InChI=1S/C18H36O2Si/c1-16(12-10-8-9-11-13-19)14-17(2)15-20-21(6,7)18(3,4)5/h8,10,12,17,19H,9,11,13-15H2,1-7H3/b10-8+,16-12+/t17-/m1/s1. The van der Waals surface area contributed by atoms with Crippen molar-refractivity contribution in [2.24, 2.45) is 5.92 Å². The lowest BCUT2D eigenvalue weighted by Crippen LogP contribution is -2.41. The van der Waals surface area contributed by atoms with Gasteiger partial charge in [0.15, 0.2) is 8.32 Å². The van der Waals surface area contributed by atoms with Crippen molar-refractivity contribution in [3.8, 4) is 0 Å². The Balaban J connectivity index is 4.17. The summed E-state index contributed by atoms with van der Waals surface area (Å²) in [5.74, 6) is 0.557. The van der Waals surface area contributed by atoms with Crippen molar-refractivity contribution < 1.29 is 9.53 Å². The van der Waals surface area contributed by atoms with Gasteiger partial charge in [-0.2, -0.15) is 0 Å². The van der Waals surface area contributed by atoms with Gasteiger partial charge in [0.25, 0.3) is 0 Å². The van der Waals surface area contributed by atoms with E-state index in [1.807, 2.05) is 0 Å². The monoisotopic (exact) mass is 312 g/mol. The van der Waals surface area contributed by atoms with Gasteiger partial charge in [0.1, 0.15) is 0 Å². The molecule has 0 bridgehead atoms. The Labute approximate surface area is 133 Å². The average molecular weight is 313 g/mol. The molecule has 124 valence electrons. The van der Waals surface area contributed by atoms with Crippen LogP contribution in [-0.2, 0) is 4.43 Å². The molecule has 0 saturated carbocycles. The highest BCUT2D eigenvalue weighted by Gasteiger charge is 2.37. The van der Waals surface area contributed by atoms with Gasteiger partial charge in [-0.05, 0) is 50.2 Å². The molecule has 0 aromatic rings. The van der Waals surface area contributed by atoms with E-state index >= 15 is 0 Å². The molecule has 1 atom stereocenters. The van der Waals surface area contributed by atoms with Gasteiger partial charge in [-0.1, -0.05) is 51.5 Å². The van der Waals surface area contributed by atoms with Gasteiger partial charge in [-0.3, -0.25) is 0 Å². The van der Waals surface area contributed by atoms with Crippen LogP contribution in [0.4, 0.5) is 0 Å². The van der Waals surface area contributed by atoms with Gasteiger partial charge >= 0.3 is 0 Å². The van der Waals surface area contributed by atoms with E-state index in [1.54, 1.807) is 0 Å². The fraction of sp³-hybridized carbons (Fsp3) is 0.778. The number of aliphatic hydroxyl groups is 1. The maximum absolute atomic E-state index is 8.72. The first kappa shape index (κ1) is 20.6. The zero-order chi connectivity index (χ0) is 16.5. The third-order valence-electron chi connectivity index (χ3n) is 4.25. The summed E-state index contributed by atoms with van der Waals surface area (Å²) in [5, 5.41) is 9.00. The van der Waals surface area contributed by atoms with Gasteiger partial charge in [0.2, 0.25) is 0 Å². The Morgan fingerprint density at radius 3 is 2.43 bits per heavy atom. The van der Waals surface area contributed by atoms with E-state index in [4.69, 9.17) is 9.53 Å². The lowest BCUT2D eigenvalue weighted by molar-refractivity contribution is 0.237. The summed E-state index contributed by atoms with van der Waals surface area (Å²) in [4.78, 5) is 0. The van der Waals surface area contributed by atoms with Crippen molar-refractivity contribution in [1.82, 2.24) is 0 Å². The topological polar surface area (TPSA) is 29.5 Å². The number of hydrogen-bond acceptors (Lipinski definition) is 2. The Kier molecular flexibility index (Phi) is 9.42. The molecular formula is C18H36O2Si. The van der Waals surface area contributed by atoms with Gasteiger partial charge in [0.05, 0.1) is 0 Å². The predicted molar refractivity (Wildman–Crippen MR) is 96.1 cm³/mol. The minimum absolute atomic E-state index is 0.273. The van der Waals surface area contributed by atoms with Crippen LogP contribution in [0, 0.1) is 5.92 Å². The number of unbranched alkanes of at least 4 members (excludes halogenated alkanes) is 1. The largest absolute Gasteiger partial charge is 0.417 e. The molecule has 0 aliphatic carbocycles. The molecule has 3 heteroatoms. The minimum atomic E-state index is -1.62. The quantitative estimate of drug-likeness (QED) is 0.355. The molecule has 0 aliphatic heterocycles. The van der Waals surface area contributed by atoms with Crippen molar-refractivity contribution in [3.63, 3.8) is 0 Å². The first-order chi connectivity index (χ1) is 9.60. The van der Waals surface area contributed by atoms with Crippen LogP contribution in [0.5, 0.6) is 0 Å². The molecule has 0 unspecified atom stereocenters. The SMILES string of the molecule is C/C(=C\C=C\CCCO)C[C@@H](C)CO[Si](C)(C)C(C)(C)C. The van der Waals surface area contributed by atoms with Crippen molar-refractivity contribution >= 4 is 8.32 Å². The molecule has 0 aromatic carbocycles. The van der Waals surface area contributed by atoms with Gasteiger partial charge < -0.3 is 9.53 Å². The molecule has 0 spiro atoms. The summed E-state index contributed by atoms with van der Waals surface area (Å²) in [5.41, 5.74) is 1.39. The van der Waals surface area contributed by atoms with E-state index in [0.717, 1.165) is 25.9 Å². The smallest absolute Gasteiger partial charge is 0.191 e. The van der Waals surface area contributed by atoms with E-state index in [-0.39, 0.29) is 11.6 Å². The maximum atomic E-state index is 8.72. The fourth-order valence-corrected chi connectivity index (χ4v) is 2.92. The van der Waals surface area contributed by atoms with Crippen molar-refractivity contribution in [2.75, 3.05) is 13.2 Å². The van der Waals surface area contributed by atoms with Crippen LogP contribution in [0.15, 0.2) is 23.8 Å². The van der Waals surface area contributed by atoms with E-state index in [2.05, 4.69) is 65.9 Å². The molecule has 2 nitrogen and oxygen atoms in total. The van der Waals surface area contributed by atoms with Crippen LogP contribution in [0.1, 0.15) is 53.9 Å². The number of aliphatic hydroxyl groups excluding tert-OH is 1. The van der Waals surface area contributed by atoms with E-state index in [9.17, 15) is 0 Å². The molecular weight excluding hydrogens is 276 g/mol. The summed E-state index contributed by atoms with van der Waals surface area (Å²) in [6, 6.07) is 0. The van der Waals surface area contributed by atoms with Crippen LogP contribution >= 0.6 is 0 Å². The van der Waals surface area contributed by atoms with Gasteiger partial charge in [0, 0.05) is 13.2 Å². The molecule has 0 rings (SSSR count). The van der Waals surface area contributed by atoms with Gasteiger partial charge in [-0.25, -0.2) is 0 Å².